The van der Waals surface area contributed by atoms with Gasteiger partial charge in [-0.15, -0.1) is 0 Å². The Bertz CT molecular complexity index is 635. The van der Waals surface area contributed by atoms with E-state index in [2.05, 4.69) is 22.5 Å². The van der Waals surface area contributed by atoms with Crippen molar-refractivity contribution >= 4 is 22.4 Å². The van der Waals surface area contributed by atoms with Crippen molar-refractivity contribution in [1.82, 2.24) is 10.3 Å². The van der Waals surface area contributed by atoms with Crippen LogP contribution < -0.4 is 10.6 Å². The normalized spacial score (nSPS) is 22.1. The number of pyridine rings is 1. The van der Waals surface area contributed by atoms with Crippen LogP contribution in [0.2, 0.25) is 0 Å². The molecule has 1 amide bonds. The van der Waals surface area contributed by atoms with Crippen molar-refractivity contribution in [3.63, 3.8) is 0 Å². The molecular formula is C17H21N3O. The van der Waals surface area contributed by atoms with Gasteiger partial charge >= 0.3 is 0 Å². The van der Waals surface area contributed by atoms with Gasteiger partial charge in [0.25, 0.3) is 0 Å². The molecule has 2 N–H and O–H groups in total. The minimum absolute atomic E-state index is 0.0597. The molecule has 1 saturated heterocycles. The molecule has 1 fully saturated rings. The largest absolute Gasteiger partial charge is 0.324 e. The first-order valence-corrected chi connectivity index (χ1v) is 7.65. The van der Waals surface area contributed by atoms with Crippen LogP contribution in [0.15, 0.2) is 36.7 Å². The van der Waals surface area contributed by atoms with Crippen LogP contribution in [-0.4, -0.2) is 23.5 Å². The van der Waals surface area contributed by atoms with Crippen molar-refractivity contribution in [3.8, 4) is 0 Å². The van der Waals surface area contributed by atoms with Gasteiger partial charge in [-0.2, -0.15) is 0 Å². The molecule has 0 saturated carbocycles. The van der Waals surface area contributed by atoms with Gasteiger partial charge in [0.1, 0.15) is 0 Å². The molecule has 2 atom stereocenters. The number of carbonyl (C=O) groups excluding carboxylic acids is 1. The van der Waals surface area contributed by atoms with E-state index in [0.29, 0.717) is 5.92 Å². The number of nitrogens with zero attached hydrogens (tertiary/aromatic N) is 1. The SMILES string of the molecule is CCC1CCNC(C(=O)Nc2cccc3ccncc23)C1. The Labute approximate surface area is 125 Å². The van der Waals surface area contributed by atoms with Crippen LogP contribution in [0, 0.1) is 5.92 Å². The maximum atomic E-state index is 12.5. The summed E-state index contributed by atoms with van der Waals surface area (Å²) < 4.78 is 0. The zero-order chi connectivity index (χ0) is 14.7. The fourth-order valence-electron chi connectivity index (χ4n) is 3.01. The molecule has 21 heavy (non-hydrogen) atoms. The van der Waals surface area contributed by atoms with Crippen LogP contribution in [0.1, 0.15) is 26.2 Å². The second kappa shape index (κ2) is 6.22. The van der Waals surface area contributed by atoms with Crippen molar-refractivity contribution in [3.05, 3.63) is 36.7 Å². The molecule has 0 spiro atoms. The van der Waals surface area contributed by atoms with E-state index >= 15 is 0 Å². The first kappa shape index (κ1) is 14.0. The molecule has 1 aliphatic heterocycles. The lowest BCUT2D eigenvalue weighted by Crippen LogP contribution is -2.46. The van der Waals surface area contributed by atoms with E-state index in [-0.39, 0.29) is 11.9 Å². The molecule has 0 bridgehead atoms. The Kier molecular flexibility index (Phi) is 4.15. The standard InChI is InChI=1S/C17H21N3O/c1-2-12-6-9-19-16(10-12)17(21)20-15-5-3-4-13-7-8-18-11-14(13)15/h3-5,7-8,11-12,16,19H,2,6,9-10H2,1H3,(H,20,21). The topological polar surface area (TPSA) is 54.0 Å². The van der Waals surface area contributed by atoms with E-state index in [1.807, 2.05) is 24.3 Å². The van der Waals surface area contributed by atoms with E-state index in [1.165, 1.54) is 6.42 Å². The summed E-state index contributed by atoms with van der Waals surface area (Å²) in [6, 6.07) is 7.79. The third-order valence-corrected chi connectivity index (χ3v) is 4.35. The van der Waals surface area contributed by atoms with Gasteiger partial charge in [-0.1, -0.05) is 25.5 Å². The molecule has 1 aliphatic rings. The van der Waals surface area contributed by atoms with E-state index in [0.717, 1.165) is 35.8 Å². The minimum Gasteiger partial charge on any atom is -0.324 e. The first-order valence-electron chi connectivity index (χ1n) is 7.65. The summed E-state index contributed by atoms with van der Waals surface area (Å²) >= 11 is 0. The Morgan fingerprint density at radius 1 is 1.43 bits per heavy atom. The fourth-order valence-corrected chi connectivity index (χ4v) is 3.01. The van der Waals surface area contributed by atoms with Crippen LogP contribution in [-0.2, 0) is 4.79 Å². The molecular weight excluding hydrogens is 262 g/mol. The molecule has 0 aliphatic carbocycles. The van der Waals surface area contributed by atoms with Crippen molar-refractivity contribution in [2.24, 2.45) is 5.92 Å². The molecule has 1 aromatic heterocycles. The lowest BCUT2D eigenvalue weighted by atomic mass is 9.90. The van der Waals surface area contributed by atoms with E-state index in [1.54, 1.807) is 12.4 Å². The smallest absolute Gasteiger partial charge is 0.241 e. The Morgan fingerprint density at radius 3 is 3.19 bits per heavy atom. The number of rotatable bonds is 3. The molecule has 2 unspecified atom stereocenters. The summed E-state index contributed by atoms with van der Waals surface area (Å²) in [6.45, 7) is 3.12. The number of amides is 1. The van der Waals surface area contributed by atoms with Gasteiger partial charge < -0.3 is 10.6 Å². The molecule has 4 heteroatoms. The van der Waals surface area contributed by atoms with Gasteiger partial charge in [-0.3, -0.25) is 9.78 Å². The molecule has 0 radical (unpaired) electrons. The monoisotopic (exact) mass is 283 g/mol. The van der Waals surface area contributed by atoms with Crippen molar-refractivity contribution in [2.75, 3.05) is 11.9 Å². The highest BCUT2D eigenvalue weighted by Gasteiger charge is 2.26. The zero-order valence-electron chi connectivity index (χ0n) is 12.3. The minimum atomic E-state index is -0.0874. The van der Waals surface area contributed by atoms with E-state index in [9.17, 15) is 4.79 Å². The van der Waals surface area contributed by atoms with Crippen molar-refractivity contribution < 1.29 is 4.79 Å². The second-order valence-corrected chi connectivity index (χ2v) is 5.70. The number of fused-ring (bicyclic) bond motifs is 1. The lowest BCUT2D eigenvalue weighted by molar-refractivity contribution is -0.119. The average Bonchev–Trinajstić information content (AvgIpc) is 2.55. The summed E-state index contributed by atoms with van der Waals surface area (Å²) in [5.74, 6) is 0.709. The third kappa shape index (κ3) is 3.05. The van der Waals surface area contributed by atoms with Crippen LogP contribution in [0.4, 0.5) is 5.69 Å². The quantitative estimate of drug-likeness (QED) is 0.910. The highest BCUT2D eigenvalue weighted by atomic mass is 16.2. The van der Waals surface area contributed by atoms with Crippen molar-refractivity contribution in [2.45, 2.75) is 32.2 Å². The Morgan fingerprint density at radius 2 is 2.33 bits per heavy atom. The van der Waals surface area contributed by atoms with Gasteiger partial charge in [0.15, 0.2) is 0 Å². The number of aromatic nitrogens is 1. The highest BCUT2D eigenvalue weighted by molar-refractivity contribution is 6.03. The molecule has 2 heterocycles. The van der Waals surface area contributed by atoms with Crippen LogP contribution in [0.5, 0.6) is 0 Å². The molecule has 2 aromatic rings. The number of benzene rings is 1. The lowest BCUT2D eigenvalue weighted by Gasteiger charge is -2.29. The number of nitrogens with one attached hydrogen (secondary N) is 2. The molecule has 3 rings (SSSR count). The number of hydrogen-bond acceptors (Lipinski definition) is 3. The summed E-state index contributed by atoms with van der Waals surface area (Å²) in [5.41, 5.74) is 0.839. The number of anilines is 1. The maximum Gasteiger partial charge on any atom is 0.241 e. The number of piperidine rings is 1. The van der Waals surface area contributed by atoms with Gasteiger partial charge in [-0.25, -0.2) is 0 Å². The summed E-state index contributed by atoms with van der Waals surface area (Å²) in [5, 5.41) is 8.45. The summed E-state index contributed by atoms with van der Waals surface area (Å²) in [4.78, 5) is 16.6. The van der Waals surface area contributed by atoms with Gasteiger partial charge in [0.05, 0.1) is 11.7 Å². The number of hydrogen-bond donors (Lipinski definition) is 2. The van der Waals surface area contributed by atoms with E-state index < -0.39 is 0 Å². The fraction of sp³-hybridized carbons (Fsp3) is 0.412. The third-order valence-electron chi connectivity index (χ3n) is 4.35. The predicted octanol–water partition coefficient (Wildman–Crippen LogP) is 2.95. The van der Waals surface area contributed by atoms with Gasteiger partial charge in [0, 0.05) is 17.8 Å². The molecule has 110 valence electrons. The summed E-state index contributed by atoms with van der Waals surface area (Å²) in [6.07, 6.45) is 6.80. The molecule has 4 nitrogen and oxygen atoms in total. The average molecular weight is 283 g/mol. The van der Waals surface area contributed by atoms with Gasteiger partial charge in [-0.05, 0) is 42.8 Å². The Hall–Kier alpha value is -1.94. The molecule has 1 aromatic carbocycles. The maximum absolute atomic E-state index is 12.5. The number of carbonyl (C=O) groups is 1. The van der Waals surface area contributed by atoms with Crippen LogP contribution in [0.25, 0.3) is 10.8 Å². The first-order chi connectivity index (χ1) is 10.3. The second-order valence-electron chi connectivity index (χ2n) is 5.70. The highest BCUT2D eigenvalue weighted by Crippen LogP contribution is 2.24. The zero-order valence-corrected chi connectivity index (χ0v) is 12.3. The van der Waals surface area contributed by atoms with Crippen molar-refractivity contribution in [1.29, 1.82) is 0 Å². The predicted molar refractivity (Wildman–Crippen MR) is 85.2 cm³/mol. The Balaban J connectivity index is 1.77. The van der Waals surface area contributed by atoms with E-state index in [4.69, 9.17) is 0 Å². The van der Waals surface area contributed by atoms with Crippen LogP contribution in [0.3, 0.4) is 0 Å². The van der Waals surface area contributed by atoms with Gasteiger partial charge in [0.2, 0.25) is 5.91 Å². The van der Waals surface area contributed by atoms with Crippen LogP contribution >= 0.6 is 0 Å². The summed E-state index contributed by atoms with van der Waals surface area (Å²) in [7, 11) is 0.